The Morgan fingerprint density at radius 1 is 1.15 bits per heavy atom. The van der Waals surface area contributed by atoms with Crippen LogP contribution >= 0.6 is 27.7 Å². The summed E-state index contributed by atoms with van der Waals surface area (Å²) in [5.41, 5.74) is 1.43. The maximum absolute atomic E-state index is 12.8. The lowest BCUT2D eigenvalue weighted by atomic mass is 10.1. The number of ketones is 1. The molecule has 0 bridgehead atoms. The molecular weight excluding hydrogens is 508 g/mol. The summed E-state index contributed by atoms with van der Waals surface area (Å²) < 4.78 is 13.4. The third kappa shape index (κ3) is 6.58. The zero-order valence-corrected chi connectivity index (χ0v) is 21.0. The van der Waals surface area contributed by atoms with Crippen molar-refractivity contribution in [1.82, 2.24) is 20.1 Å². The first-order valence-corrected chi connectivity index (χ1v) is 12.1. The van der Waals surface area contributed by atoms with Crippen LogP contribution in [0.5, 0.6) is 11.5 Å². The number of carbonyl (C=O) groups is 2. The number of aromatic nitrogens is 3. The fraction of sp³-hybridized carbons (Fsp3) is 0.304. The molecule has 8 nitrogen and oxygen atoms in total. The van der Waals surface area contributed by atoms with E-state index >= 15 is 0 Å². The topological polar surface area (TPSA) is 95.3 Å². The minimum absolute atomic E-state index is 0.0376. The summed E-state index contributed by atoms with van der Waals surface area (Å²) in [6.45, 7) is 4.43. The molecule has 0 atom stereocenters. The average Bonchev–Trinajstić information content (AvgIpc) is 3.20. The number of amides is 1. The van der Waals surface area contributed by atoms with Gasteiger partial charge in [-0.25, -0.2) is 0 Å². The van der Waals surface area contributed by atoms with Gasteiger partial charge in [0, 0.05) is 31.1 Å². The van der Waals surface area contributed by atoms with Crippen molar-refractivity contribution in [1.29, 1.82) is 0 Å². The molecule has 10 heteroatoms. The van der Waals surface area contributed by atoms with E-state index in [1.807, 2.05) is 35.8 Å². The summed E-state index contributed by atoms with van der Waals surface area (Å²) in [7, 11) is 1.58. The van der Waals surface area contributed by atoms with Gasteiger partial charge in [0.2, 0.25) is 5.91 Å². The van der Waals surface area contributed by atoms with Gasteiger partial charge in [0.05, 0.1) is 23.9 Å². The summed E-state index contributed by atoms with van der Waals surface area (Å²) >= 11 is 4.73. The van der Waals surface area contributed by atoms with Gasteiger partial charge in [-0.15, -0.1) is 10.2 Å². The summed E-state index contributed by atoms with van der Waals surface area (Å²) in [5.74, 6) is 2.17. The van der Waals surface area contributed by atoms with Gasteiger partial charge in [-0.2, -0.15) is 0 Å². The number of thioether (sulfide) groups is 1. The van der Waals surface area contributed by atoms with E-state index in [2.05, 4.69) is 31.4 Å². The van der Waals surface area contributed by atoms with Gasteiger partial charge in [0.25, 0.3) is 0 Å². The number of hydrogen-bond acceptors (Lipinski definition) is 7. The van der Waals surface area contributed by atoms with Crippen molar-refractivity contribution >= 4 is 39.4 Å². The Bertz CT molecular complexity index is 1120. The van der Waals surface area contributed by atoms with Gasteiger partial charge in [-0.1, -0.05) is 11.8 Å². The Morgan fingerprint density at radius 2 is 1.91 bits per heavy atom. The highest BCUT2D eigenvalue weighted by Gasteiger charge is 2.17. The van der Waals surface area contributed by atoms with Crippen LogP contribution in [-0.4, -0.2) is 52.5 Å². The summed E-state index contributed by atoms with van der Waals surface area (Å²) in [5, 5.41) is 12.0. The number of Topliss-reactive ketones (excluding diaryl/α,β-unsaturated/α-hetero) is 1. The quantitative estimate of drug-likeness (QED) is 0.293. The Morgan fingerprint density at radius 3 is 2.55 bits per heavy atom. The van der Waals surface area contributed by atoms with E-state index in [-0.39, 0.29) is 17.4 Å². The standard InChI is InChI=1S/C23H25BrN4O4S/c1-4-32-18-8-6-17(7-9-18)28-22(11-12-25-15(2)29)26-27-23(28)33-14-20(30)16-5-10-21(31-3)19(24)13-16/h5-10,13H,4,11-12,14H2,1-3H3,(H,25,29). The number of methoxy groups -OCH3 is 1. The van der Waals surface area contributed by atoms with Gasteiger partial charge in [-0.05, 0) is 65.3 Å². The lowest BCUT2D eigenvalue weighted by Crippen LogP contribution is -2.23. The molecule has 0 saturated heterocycles. The second-order valence-corrected chi connectivity index (χ2v) is 8.75. The Labute approximate surface area is 205 Å². The zero-order chi connectivity index (χ0) is 23.8. The number of carbonyl (C=O) groups excluding carboxylic acids is 2. The number of nitrogens with zero attached hydrogens (tertiary/aromatic N) is 3. The molecule has 2 aromatic carbocycles. The van der Waals surface area contributed by atoms with Crippen LogP contribution in [0.25, 0.3) is 5.69 Å². The summed E-state index contributed by atoms with van der Waals surface area (Å²) in [6, 6.07) is 12.8. The summed E-state index contributed by atoms with van der Waals surface area (Å²) in [6.07, 6.45) is 0.500. The fourth-order valence-electron chi connectivity index (χ4n) is 3.08. The van der Waals surface area contributed by atoms with Crippen molar-refractivity contribution in [3.05, 3.63) is 58.3 Å². The smallest absolute Gasteiger partial charge is 0.216 e. The first-order valence-electron chi connectivity index (χ1n) is 10.3. The molecule has 0 aliphatic heterocycles. The SMILES string of the molecule is CCOc1ccc(-n2c(CCNC(C)=O)nnc2SCC(=O)c2ccc(OC)c(Br)c2)cc1. The number of halogens is 1. The van der Waals surface area contributed by atoms with Gasteiger partial charge < -0.3 is 14.8 Å². The summed E-state index contributed by atoms with van der Waals surface area (Å²) in [4.78, 5) is 24.0. The minimum atomic E-state index is -0.104. The van der Waals surface area contributed by atoms with E-state index in [0.29, 0.717) is 41.9 Å². The number of hydrogen-bond donors (Lipinski definition) is 1. The zero-order valence-electron chi connectivity index (χ0n) is 18.6. The molecular formula is C23H25BrN4O4S. The second-order valence-electron chi connectivity index (χ2n) is 6.96. The van der Waals surface area contributed by atoms with Crippen LogP contribution in [0.4, 0.5) is 0 Å². The van der Waals surface area contributed by atoms with Crippen molar-refractivity contribution in [3.8, 4) is 17.2 Å². The molecule has 1 aromatic heterocycles. The van der Waals surface area contributed by atoms with Crippen LogP contribution in [-0.2, 0) is 11.2 Å². The van der Waals surface area contributed by atoms with E-state index in [9.17, 15) is 9.59 Å². The number of nitrogens with one attached hydrogen (secondary N) is 1. The highest BCUT2D eigenvalue weighted by molar-refractivity contribution is 9.10. The van der Waals surface area contributed by atoms with Crippen LogP contribution in [0.3, 0.4) is 0 Å². The third-order valence-electron chi connectivity index (χ3n) is 4.63. The molecule has 0 radical (unpaired) electrons. The molecule has 0 saturated carbocycles. The van der Waals surface area contributed by atoms with Gasteiger partial charge in [0.15, 0.2) is 10.9 Å². The van der Waals surface area contributed by atoms with E-state index in [0.717, 1.165) is 15.9 Å². The molecule has 33 heavy (non-hydrogen) atoms. The third-order valence-corrected chi connectivity index (χ3v) is 6.18. The van der Waals surface area contributed by atoms with Gasteiger partial charge in [0.1, 0.15) is 17.3 Å². The van der Waals surface area contributed by atoms with Crippen molar-refractivity contribution in [2.24, 2.45) is 0 Å². The number of ether oxygens (including phenoxy) is 2. The highest BCUT2D eigenvalue weighted by Crippen LogP contribution is 2.28. The molecule has 0 spiro atoms. The molecule has 0 fully saturated rings. The van der Waals surface area contributed by atoms with Crippen molar-refractivity contribution in [2.45, 2.75) is 25.4 Å². The molecule has 3 rings (SSSR count). The predicted octanol–water partition coefficient (Wildman–Crippen LogP) is 4.09. The normalized spacial score (nSPS) is 10.7. The predicted molar refractivity (Wildman–Crippen MR) is 131 cm³/mol. The Kier molecular flexibility index (Phi) is 8.90. The largest absolute Gasteiger partial charge is 0.496 e. The first-order chi connectivity index (χ1) is 15.9. The highest BCUT2D eigenvalue weighted by atomic mass is 79.9. The van der Waals surface area contributed by atoms with Crippen molar-refractivity contribution < 1.29 is 19.1 Å². The molecule has 1 heterocycles. The Hall–Kier alpha value is -2.85. The van der Waals surface area contributed by atoms with E-state index in [1.165, 1.54) is 18.7 Å². The number of rotatable bonds is 11. The lowest BCUT2D eigenvalue weighted by molar-refractivity contribution is -0.118. The molecule has 0 aliphatic rings. The van der Waals surface area contributed by atoms with Crippen LogP contribution in [0, 0.1) is 0 Å². The monoisotopic (exact) mass is 532 g/mol. The first kappa shape index (κ1) is 24.8. The van der Waals surface area contributed by atoms with E-state index in [4.69, 9.17) is 9.47 Å². The Balaban J connectivity index is 1.81. The van der Waals surface area contributed by atoms with Crippen molar-refractivity contribution in [2.75, 3.05) is 26.0 Å². The van der Waals surface area contributed by atoms with Crippen LogP contribution < -0.4 is 14.8 Å². The molecule has 3 aromatic rings. The van der Waals surface area contributed by atoms with Crippen LogP contribution in [0.2, 0.25) is 0 Å². The van der Waals surface area contributed by atoms with Gasteiger partial charge in [-0.3, -0.25) is 14.2 Å². The molecule has 174 valence electrons. The molecule has 1 amide bonds. The van der Waals surface area contributed by atoms with Gasteiger partial charge >= 0.3 is 0 Å². The average molecular weight is 533 g/mol. The minimum Gasteiger partial charge on any atom is -0.496 e. The maximum atomic E-state index is 12.8. The maximum Gasteiger partial charge on any atom is 0.216 e. The fourth-order valence-corrected chi connectivity index (χ4v) is 4.48. The molecule has 0 aliphatic carbocycles. The molecule has 1 N–H and O–H groups in total. The number of benzene rings is 2. The van der Waals surface area contributed by atoms with Crippen LogP contribution in [0.15, 0.2) is 52.1 Å². The van der Waals surface area contributed by atoms with Crippen LogP contribution in [0.1, 0.15) is 30.0 Å². The van der Waals surface area contributed by atoms with Crippen molar-refractivity contribution in [3.63, 3.8) is 0 Å². The van der Waals surface area contributed by atoms with E-state index in [1.54, 1.807) is 25.3 Å². The van der Waals surface area contributed by atoms with E-state index < -0.39 is 0 Å². The molecule has 0 unspecified atom stereocenters. The lowest BCUT2D eigenvalue weighted by Gasteiger charge is -2.12. The second kappa shape index (κ2) is 11.9.